The highest BCUT2D eigenvalue weighted by Gasteiger charge is 2.26. The first kappa shape index (κ1) is 23.4. The van der Waals surface area contributed by atoms with Crippen molar-refractivity contribution < 1.29 is 19.2 Å². The molecule has 2 aromatic rings. The average molecular weight is 458 g/mol. The van der Waals surface area contributed by atoms with Crippen molar-refractivity contribution in [2.45, 2.75) is 38.5 Å². The maximum Gasteiger partial charge on any atom is 0.325 e. The second kappa shape index (κ2) is 10.9. The van der Waals surface area contributed by atoms with Gasteiger partial charge in [0.2, 0.25) is 11.8 Å². The summed E-state index contributed by atoms with van der Waals surface area (Å²) in [4.78, 5) is 53.1. The number of hydrogen-bond acceptors (Lipinski definition) is 6. The lowest BCUT2D eigenvalue weighted by Crippen LogP contribution is -2.23. The minimum Gasteiger partial charge on any atom is -0.359 e. The molecule has 170 valence electrons. The highest BCUT2D eigenvalue weighted by atomic mass is 32.1. The van der Waals surface area contributed by atoms with Gasteiger partial charge in [0.1, 0.15) is 0 Å². The standard InChI is InChI=1S/C22H27N5O4S/c1-23-18(28)9-14-7-8-15(10-17(14)20(30)13-5-3-4-6-13)25-21(31)27-22-26-16(12-32-22)11-19(29)24-2/h7-8,10,12-13H,3-6,9,11H2,1-2H3,(H,23,28)(H,24,29)(H2,25,26,27,31). The van der Waals surface area contributed by atoms with Crippen LogP contribution in [0.25, 0.3) is 0 Å². The summed E-state index contributed by atoms with van der Waals surface area (Å²) in [7, 11) is 3.10. The van der Waals surface area contributed by atoms with Gasteiger partial charge in [-0.2, -0.15) is 0 Å². The van der Waals surface area contributed by atoms with Crippen LogP contribution in [0, 0.1) is 5.92 Å². The van der Waals surface area contributed by atoms with Crippen LogP contribution in [0.4, 0.5) is 15.6 Å². The smallest absolute Gasteiger partial charge is 0.325 e. The van der Waals surface area contributed by atoms with E-state index in [1.54, 1.807) is 37.7 Å². The second-order valence-electron chi connectivity index (χ2n) is 7.64. The van der Waals surface area contributed by atoms with E-state index in [1.807, 2.05) is 0 Å². The molecule has 0 spiro atoms. The number of ketones is 1. The van der Waals surface area contributed by atoms with E-state index in [-0.39, 0.29) is 36.4 Å². The Hall–Kier alpha value is -3.27. The summed E-state index contributed by atoms with van der Waals surface area (Å²) in [6.07, 6.45) is 3.98. The molecule has 0 unspecified atom stereocenters. The van der Waals surface area contributed by atoms with Gasteiger partial charge < -0.3 is 16.0 Å². The van der Waals surface area contributed by atoms with Crippen LogP contribution in [0.5, 0.6) is 0 Å². The van der Waals surface area contributed by atoms with Crippen molar-refractivity contribution in [2.24, 2.45) is 5.92 Å². The predicted octanol–water partition coefficient (Wildman–Crippen LogP) is 2.74. The number of benzene rings is 1. The van der Waals surface area contributed by atoms with Crippen LogP contribution in [0.2, 0.25) is 0 Å². The minimum atomic E-state index is -0.510. The zero-order valence-corrected chi connectivity index (χ0v) is 18.9. The molecule has 1 aromatic carbocycles. The number of carbonyl (C=O) groups excluding carboxylic acids is 4. The molecule has 1 heterocycles. The molecule has 4 amide bonds. The lowest BCUT2D eigenvalue weighted by atomic mass is 9.91. The molecule has 3 rings (SSSR count). The summed E-state index contributed by atoms with van der Waals surface area (Å²) >= 11 is 1.22. The largest absolute Gasteiger partial charge is 0.359 e. The van der Waals surface area contributed by atoms with Gasteiger partial charge >= 0.3 is 6.03 Å². The molecule has 32 heavy (non-hydrogen) atoms. The number of nitrogens with zero attached hydrogens (tertiary/aromatic N) is 1. The molecule has 1 aromatic heterocycles. The van der Waals surface area contributed by atoms with Gasteiger partial charge in [0.15, 0.2) is 10.9 Å². The van der Waals surface area contributed by atoms with Crippen LogP contribution in [0.1, 0.15) is 47.3 Å². The van der Waals surface area contributed by atoms with Crippen molar-refractivity contribution >= 4 is 45.8 Å². The van der Waals surface area contributed by atoms with Crippen LogP contribution in [-0.4, -0.2) is 42.7 Å². The quantitative estimate of drug-likeness (QED) is 0.453. The Labute approximate surface area is 190 Å². The minimum absolute atomic E-state index is 0.0178. The molecule has 1 aliphatic rings. The van der Waals surface area contributed by atoms with E-state index in [4.69, 9.17) is 0 Å². The molecule has 4 N–H and O–H groups in total. The van der Waals surface area contributed by atoms with Crippen molar-refractivity contribution in [3.05, 3.63) is 40.4 Å². The average Bonchev–Trinajstić information content (AvgIpc) is 3.46. The number of anilines is 2. The fourth-order valence-electron chi connectivity index (χ4n) is 3.66. The Balaban J connectivity index is 1.72. The molecule has 0 radical (unpaired) electrons. The molecule has 0 aliphatic heterocycles. The highest BCUT2D eigenvalue weighted by molar-refractivity contribution is 7.14. The van der Waals surface area contributed by atoms with Gasteiger partial charge in [-0.05, 0) is 30.5 Å². The topological polar surface area (TPSA) is 129 Å². The normalized spacial score (nSPS) is 13.4. The number of amides is 4. The van der Waals surface area contributed by atoms with Gasteiger partial charge in [0.05, 0.1) is 18.5 Å². The van der Waals surface area contributed by atoms with Crippen LogP contribution in [-0.2, 0) is 22.4 Å². The maximum atomic E-state index is 13.1. The number of hydrogen-bond donors (Lipinski definition) is 4. The first-order chi connectivity index (χ1) is 15.4. The number of rotatable bonds is 8. The van der Waals surface area contributed by atoms with Crippen LogP contribution < -0.4 is 21.3 Å². The SMILES string of the molecule is CNC(=O)Cc1csc(NC(=O)Nc2ccc(CC(=O)NC)c(C(=O)C3CCCC3)c2)n1. The Morgan fingerprint density at radius 3 is 2.38 bits per heavy atom. The van der Waals surface area contributed by atoms with E-state index in [0.717, 1.165) is 25.7 Å². The molecular weight excluding hydrogens is 430 g/mol. The highest BCUT2D eigenvalue weighted by Crippen LogP contribution is 2.30. The third kappa shape index (κ3) is 6.13. The monoisotopic (exact) mass is 457 g/mol. The van der Waals surface area contributed by atoms with E-state index in [2.05, 4.69) is 26.3 Å². The van der Waals surface area contributed by atoms with Crippen molar-refractivity contribution in [1.82, 2.24) is 15.6 Å². The molecule has 1 fully saturated rings. The van der Waals surface area contributed by atoms with Crippen molar-refractivity contribution in [2.75, 3.05) is 24.7 Å². The zero-order valence-electron chi connectivity index (χ0n) is 18.1. The Morgan fingerprint density at radius 2 is 1.69 bits per heavy atom. The van der Waals surface area contributed by atoms with E-state index < -0.39 is 6.03 Å². The fraction of sp³-hybridized carbons (Fsp3) is 0.409. The lowest BCUT2D eigenvalue weighted by Gasteiger charge is -2.15. The number of nitrogens with one attached hydrogen (secondary N) is 4. The number of carbonyl (C=O) groups is 4. The van der Waals surface area contributed by atoms with Crippen molar-refractivity contribution in [1.29, 1.82) is 0 Å². The maximum absolute atomic E-state index is 13.1. The molecule has 9 nitrogen and oxygen atoms in total. The molecule has 10 heteroatoms. The first-order valence-electron chi connectivity index (χ1n) is 10.5. The van der Waals surface area contributed by atoms with Crippen LogP contribution in [0.15, 0.2) is 23.6 Å². The molecule has 1 aliphatic carbocycles. The number of aromatic nitrogens is 1. The number of likely N-dealkylation sites (N-methyl/N-ethyl adjacent to an activating group) is 2. The fourth-order valence-corrected chi connectivity index (χ4v) is 4.37. The van der Waals surface area contributed by atoms with E-state index in [0.29, 0.717) is 27.6 Å². The first-order valence-corrected chi connectivity index (χ1v) is 11.4. The van der Waals surface area contributed by atoms with E-state index in [1.165, 1.54) is 11.3 Å². The Bertz CT molecular complexity index is 1010. The number of Topliss-reactive ketones (excluding diaryl/α,β-unsaturated/α-hetero) is 1. The molecule has 0 bridgehead atoms. The zero-order chi connectivity index (χ0) is 23.1. The van der Waals surface area contributed by atoms with Crippen molar-refractivity contribution in [3.63, 3.8) is 0 Å². The summed E-state index contributed by atoms with van der Waals surface area (Å²) < 4.78 is 0. The summed E-state index contributed by atoms with van der Waals surface area (Å²) in [6, 6.07) is 4.50. The van der Waals surface area contributed by atoms with Crippen molar-refractivity contribution in [3.8, 4) is 0 Å². The molecule has 0 atom stereocenters. The van der Waals surface area contributed by atoms with Crippen LogP contribution in [0.3, 0.4) is 0 Å². The van der Waals surface area contributed by atoms with Gasteiger partial charge in [-0.3, -0.25) is 19.7 Å². The van der Waals surface area contributed by atoms with E-state index >= 15 is 0 Å². The second-order valence-corrected chi connectivity index (χ2v) is 8.50. The van der Waals surface area contributed by atoms with Gasteiger partial charge in [0.25, 0.3) is 0 Å². The Morgan fingerprint density at radius 1 is 1.00 bits per heavy atom. The molecule has 0 saturated heterocycles. The van der Waals surface area contributed by atoms with Gasteiger partial charge in [-0.25, -0.2) is 9.78 Å². The summed E-state index contributed by atoms with van der Waals surface area (Å²) in [5.74, 6) is -0.372. The summed E-state index contributed by atoms with van der Waals surface area (Å²) in [6.45, 7) is 0. The van der Waals surface area contributed by atoms with Crippen LogP contribution >= 0.6 is 11.3 Å². The third-order valence-electron chi connectivity index (χ3n) is 5.38. The summed E-state index contributed by atoms with van der Waals surface area (Å²) in [5, 5.41) is 12.5. The molecular formula is C22H27N5O4S. The summed E-state index contributed by atoms with van der Waals surface area (Å²) in [5.41, 5.74) is 2.13. The number of thiazole rings is 1. The van der Waals surface area contributed by atoms with Gasteiger partial charge in [-0.15, -0.1) is 11.3 Å². The lowest BCUT2D eigenvalue weighted by molar-refractivity contribution is -0.120. The third-order valence-corrected chi connectivity index (χ3v) is 6.19. The Kier molecular flexibility index (Phi) is 7.93. The van der Waals surface area contributed by atoms with Gasteiger partial charge in [-0.1, -0.05) is 18.9 Å². The molecule has 1 saturated carbocycles. The van der Waals surface area contributed by atoms with Gasteiger partial charge in [0, 0.05) is 36.6 Å². The van der Waals surface area contributed by atoms with E-state index in [9.17, 15) is 19.2 Å². The number of urea groups is 1. The predicted molar refractivity (Wildman–Crippen MR) is 123 cm³/mol.